The first-order valence-corrected chi connectivity index (χ1v) is 11.2. The summed E-state index contributed by atoms with van der Waals surface area (Å²) in [6.45, 7) is 7.39. The molecule has 6 nitrogen and oxygen atoms in total. The number of piperazine rings is 1. The summed E-state index contributed by atoms with van der Waals surface area (Å²) in [5.41, 5.74) is 1.33. The molecule has 2 aliphatic rings. The van der Waals surface area contributed by atoms with Crippen LogP contribution in [-0.2, 0) is 24.3 Å². The Morgan fingerprint density at radius 1 is 1.04 bits per heavy atom. The van der Waals surface area contributed by atoms with Gasteiger partial charge in [0.25, 0.3) is 0 Å². The van der Waals surface area contributed by atoms with Crippen molar-refractivity contribution in [3.05, 3.63) is 41.7 Å². The highest BCUT2D eigenvalue weighted by molar-refractivity contribution is 8.00. The molecule has 1 atom stereocenters. The average molecular weight is 400 g/mol. The zero-order valence-electron chi connectivity index (χ0n) is 16.6. The van der Waals surface area contributed by atoms with Gasteiger partial charge in [0.2, 0.25) is 5.91 Å². The van der Waals surface area contributed by atoms with Crippen LogP contribution in [0.15, 0.2) is 35.5 Å². The van der Waals surface area contributed by atoms with Gasteiger partial charge in [0.05, 0.1) is 5.25 Å². The van der Waals surface area contributed by atoms with Crippen molar-refractivity contribution >= 4 is 17.7 Å². The van der Waals surface area contributed by atoms with E-state index in [2.05, 4.69) is 43.9 Å². The number of rotatable bonds is 5. The zero-order valence-corrected chi connectivity index (χ0v) is 17.4. The number of hydrogen-bond acceptors (Lipinski definition) is 5. The first kappa shape index (κ1) is 19.5. The Labute approximate surface area is 171 Å². The Balaban J connectivity index is 1.30. The Kier molecular flexibility index (Phi) is 6.32. The average Bonchev–Trinajstić information content (AvgIpc) is 2.95. The molecule has 28 heavy (non-hydrogen) atoms. The van der Waals surface area contributed by atoms with Gasteiger partial charge in [-0.05, 0) is 25.3 Å². The molecule has 1 amide bonds. The van der Waals surface area contributed by atoms with Crippen LogP contribution < -0.4 is 0 Å². The van der Waals surface area contributed by atoms with E-state index in [1.807, 2.05) is 17.9 Å². The predicted molar refractivity (Wildman–Crippen MR) is 111 cm³/mol. The highest BCUT2D eigenvalue weighted by Crippen LogP contribution is 2.26. The molecule has 1 fully saturated rings. The van der Waals surface area contributed by atoms with Gasteiger partial charge in [0.15, 0.2) is 5.16 Å². The number of amides is 1. The standard InChI is InChI=1S/C21H29N5OS/c1-17(28-21-23-22-19-10-6-3-7-11-26(19)21)20(27)25-14-12-24(13-15-25)16-18-8-4-2-5-9-18/h2,4-5,8-9,17H,3,6-7,10-16H2,1H3/t17-/m1/s1. The summed E-state index contributed by atoms with van der Waals surface area (Å²) in [5, 5.41) is 9.49. The lowest BCUT2D eigenvalue weighted by molar-refractivity contribution is -0.132. The molecule has 0 unspecified atom stereocenters. The molecule has 150 valence electrons. The monoisotopic (exact) mass is 399 g/mol. The topological polar surface area (TPSA) is 54.3 Å². The van der Waals surface area contributed by atoms with Crippen molar-refractivity contribution in [2.45, 2.75) is 56.1 Å². The van der Waals surface area contributed by atoms with Crippen molar-refractivity contribution in [1.82, 2.24) is 24.6 Å². The Hall–Kier alpha value is -1.86. The fourth-order valence-corrected chi connectivity index (χ4v) is 4.96. The molecule has 0 bridgehead atoms. The molecule has 1 aromatic heterocycles. The summed E-state index contributed by atoms with van der Waals surface area (Å²) in [6, 6.07) is 10.5. The number of carbonyl (C=O) groups excluding carboxylic acids is 1. The smallest absolute Gasteiger partial charge is 0.235 e. The van der Waals surface area contributed by atoms with E-state index >= 15 is 0 Å². The normalized spacial score (nSPS) is 19.1. The molecule has 3 heterocycles. The second-order valence-electron chi connectivity index (χ2n) is 7.71. The third kappa shape index (κ3) is 4.58. The predicted octanol–water partition coefficient (Wildman–Crippen LogP) is 2.83. The molecular formula is C21H29N5OS. The Morgan fingerprint density at radius 2 is 1.82 bits per heavy atom. The van der Waals surface area contributed by atoms with Crippen molar-refractivity contribution in [1.29, 1.82) is 0 Å². The molecule has 0 aliphatic carbocycles. The van der Waals surface area contributed by atoms with Crippen LogP contribution in [0.25, 0.3) is 0 Å². The fourth-order valence-electron chi connectivity index (χ4n) is 3.98. The third-order valence-electron chi connectivity index (χ3n) is 5.64. The van der Waals surface area contributed by atoms with E-state index in [9.17, 15) is 4.79 Å². The van der Waals surface area contributed by atoms with E-state index < -0.39 is 0 Å². The van der Waals surface area contributed by atoms with Crippen LogP contribution in [0.2, 0.25) is 0 Å². The van der Waals surface area contributed by atoms with Gasteiger partial charge in [0.1, 0.15) is 5.82 Å². The number of nitrogens with zero attached hydrogens (tertiary/aromatic N) is 5. The van der Waals surface area contributed by atoms with Gasteiger partial charge in [-0.25, -0.2) is 0 Å². The summed E-state index contributed by atoms with van der Waals surface area (Å²) in [5.74, 6) is 1.30. The van der Waals surface area contributed by atoms with Gasteiger partial charge >= 0.3 is 0 Å². The van der Waals surface area contributed by atoms with E-state index in [0.29, 0.717) is 0 Å². The molecule has 0 radical (unpaired) electrons. The molecule has 2 aromatic rings. The maximum absolute atomic E-state index is 13.0. The molecule has 7 heteroatoms. The molecule has 0 saturated carbocycles. The van der Waals surface area contributed by atoms with Gasteiger partial charge in [0, 0.05) is 45.7 Å². The van der Waals surface area contributed by atoms with E-state index in [1.165, 1.54) is 24.8 Å². The maximum atomic E-state index is 13.0. The minimum atomic E-state index is -0.128. The summed E-state index contributed by atoms with van der Waals surface area (Å²) < 4.78 is 2.22. The second kappa shape index (κ2) is 9.09. The number of benzene rings is 1. The van der Waals surface area contributed by atoms with E-state index in [4.69, 9.17) is 0 Å². The van der Waals surface area contributed by atoms with Gasteiger partial charge in [-0.2, -0.15) is 0 Å². The van der Waals surface area contributed by atoms with Crippen molar-refractivity contribution in [2.75, 3.05) is 26.2 Å². The number of carbonyl (C=O) groups is 1. The lowest BCUT2D eigenvalue weighted by atomic mass is 10.2. The number of aryl methyl sites for hydroxylation is 1. The van der Waals surface area contributed by atoms with Crippen LogP contribution in [0.5, 0.6) is 0 Å². The van der Waals surface area contributed by atoms with Crippen molar-refractivity contribution in [3.63, 3.8) is 0 Å². The number of aromatic nitrogens is 3. The Morgan fingerprint density at radius 3 is 2.61 bits per heavy atom. The third-order valence-corrected chi connectivity index (χ3v) is 6.71. The molecule has 4 rings (SSSR count). The summed E-state index contributed by atoms with van der Waals surface area (Å²) in [7, 11) is 0. The summed E-state index contributed by atoms with van der Waals surface area (Å²) in [6.07, 6.45) is 4.60. The van der Waals surface area contributed by atoms with Gasteiger partial charge in [-0.1, -0.05) is 48.5 Å². The van der Waals surface area contributed by atoms with Crippen LogP contribution in [-0.4, -0.2) is 61.9 Å². The molecule has 1 saturated heterocycles. The minimum Gasteiger partial charge on any atom is -0.339 e. The van der Waals surface area contributed by atoms with Crippen molar-refractivity contribution < 1.29 is 4.79 Å². The first-order valence-electron chi connectivity index (χ1n) is 10.3. The molecule has 0 spiro atoms. The van der Waals surface area contributed by atoms with E-state index in [0.717, 1.165) is 56.7 Å². The SMILES string of the molecule is C[C@@H](Sc1nnc2n1CCCCC2)C(=O)N1CCN(Cc2ccccc2)CC1. The molecular weight excluding hydrogens is 370 g/mol. The number of hydrogen-bond donors (Lipinski definition) is 0. The lowest BCUT2D eigenvalue weighted by Gasteiger charge is -2.35. The minimum absolute atomic E-state index is 0.128. The first-order chi connectivity index (χ1) is 13.7. The van der Waals surface area contributed by atoms with Crippen molar-refractivity contribution in [2.24, 2.45) is 0 Å². The quantitative estimate of drug-likeness (QED) is 0.724. The lowest BCUT2D eigenvalue weighted by Crippen LogP contribution is -2.50. The summed E-state index contributed by atoms with van der Waals surface area (Å²) in [4.78, 5) is 17.4. The highest BCUT2D eigenvalue weighted by Gasteiger charge is 2.27. The zero-order chi connectivity index (χ0) is 19.3. The van der Waals surface area contributed by atoms with E-state index in [-0.39, 0.29) is 11.2 Å². The largest absolute Gasteiger partial charge is 0.339 e. The molecule has 2 aliphatic heterocycles. The van der Waals surface area contributed by atoms with Crippen LogP contribution in [0.3, 0.4) is 0 Å². The van der Waals surface area contributed by atoms with Gasteiger partial charge in [-0.3, -0.25) is 9.69 Å². The fraction of sp³-hybridized carbons (Fsp3) is 0.571. The van der Waals surface area contributed by atoms with Crippen molar-refractivity contribution in [3.8, 4) is 0 Å². The van der Waals surface area contributed by atoms with Crippen LogP contribution in [0.1, 0.15) is 37.6 Å². The molecule has 0 N–H and O–H groups in total. The van der Waals surface area contributed by atoms with Crippen LogP contribution in [0, 0.1) is 0 Å². The maximum Gasteiger partial charge on any atom is 0.235 e. The van der Waals surface area contributed by atoms with E-state index in [1.54, 1.807) is 11.8 Å². The second-order valence-corrected chi connectivity index (χ2v) is 9.02. The molecule has 1 aromatic carbocycles. The van der Waals surface area contributed by atoms with Gasteiger partial charge < -0.3 is 9.47 Å². The van der Waals surface area contributed by atoms with Gasteiger partial charge in [-0.15, -0.1) is 10.2 Å². The number of thioether (sulfide) groups is 1. The highest BCUT2D eigenvalue weighted by atomic mass is 32.2. The Bertz CT molecular complexity index is 785. The number of fused-ring (bicyclic) bond motifs is 1. The van der Waals surface area contributed by atoms with Crippen LogP contribution >= 0.6 is 11.8 Å². The van der Waals surface area contributed by atoms with Crippen LogP contribution in [0.4, 0.5) is 0 Å². The summed E-state index contributed by atoms with van der Waals surface area (Å²) >= 11 is 1.56.